The van der Waals surface area contributed by atoms with Gasteiger partial charge in [0.2, 0.25) is 0 Å². The monoisotopic (exact) mass is 142 g/mol. The first-order valence-electron chi connectivity index (χ1n) is 3.75. The summed E-state index contributed by atoms with van der Waals surface area (Å²) in [4.78, 5) is 0. The van der Waals surface area contributed by atoms with Crippen molar-refractivity contribution in [1.29, 1.82) is 0 Å². The van der Waals surface area contributed by atoms with Gasteiger partial charge >= 0.3 is 0 Å². The Balaban J connectivity index is 2.45. The molecule has 2 N–H and O–H groups in total. The molecule has 0 amide bonds. The zero-order chi connectivity index (χ0) is 7.40. The fourth-order valence-electron chi connectivity index (χ4n) is 1.37. The molecule has 58 valence electrons. The van der Waals surface area contributed by atoms with Gasteiger partial charge in [-0.3, -0.25) is 0 Å². The summed E-state index contributed by atoms with van der Waals surface area (Å²) in [6, 6.07) is 0. The Morgan fingerprint density at radius 1 is 1.00 bits per heavy atom. The smallest absolute Gasteiger partial charge is 0.0465 e. The van der Waals surface area contributed by atoms with Gasteiger partial charge in [-0.15, -0.1) is 0 Å². The van der Waals surface area contributed by atoms with E-state index < -0.39 is 0 Å². The minimum Gasteiger partial charge on any atom is -0.396 e. The second-order valence-electron chi connectivity index (χ2n) is 2.83. The van der Waals surface area contributed by atoms with Gasteiger partial charge in [0.25, 0.3) is 0 Å². The predicted octanol–water partition coefficient (Wildman–Crippen LogP) is 0.553. The van der Waals surface area contributed by atoms with Gasteiger partial charge in [0, 0.05) is 13.2 Å². The summed E-state index contributed by atoms with van der Waals surface area (Å²) in [6.07, 6.45) is 5.99. The number of aliphatic hydroxyl groups excluding tert-OH is 2. The number of hydrogen-bond acceptors (Lipinski definition) is 2. The zero-order valence-electron chi connectivity index (χ0n) is 6.03. The van der Waals surface area contributed by atoms with Crippen molar-refractivity contribution in [3.8, 4) is 0 Å². The topological polar surface area (TPSA) is 40.5 Å². The maximum atomic E-state index is 8.85. The summed E-state index contributed by atoms with van der Waals surface area (Å²) in [6.45, 7) is 0.408. The van der Waals surface area contributed by atoms with Gasteiger partial charge in [0.05, 0.1) is 0 Å². The predicted molar refractivity (Wildman–Crippen MR) is 39.5 cm³/mol. The van der Waals surface area contributed by atoms with Gasteiger partial charge in [0.1, 0.15) is 0 Å². The maximum absolute atomic E-state index is 8.85. The van der Waals surface area contributed by atoms with E-state index in [-0.39, 0.29) is 25.0 Å². The molecule has 1 aliphatic rings. The van der Waals surface area contributed by atoms with Crippen LogP contribution in [-0.2, 0) is 0 Å². The molecule has 0 spiro atoms. The summed E-state index contributed by atoms with van der Waals surface area (Å²) in [5, 5.41) is 17.7. The van der Waals surface area contributed by atoms with Crippen molar-refractivity contribution in [3.63, 3.8) is 0 Å². The second kappa shape index (κ2) is 3.74. The van der Waals surface area contributed by atoms with Crippen LogP contribution in [0.1, 0.15) is 12.8 Å². The van der Waals surface area contributed by atoms with Crippen molar-refractivity contribution in [2.45, 2.75) is 12.8 Å². The van der Waals surface area contributed by atoms with Crippen molar-refractivity contribution in [3.05, 3.63) is 12.2 Å². The highest BCUT2D eigenvalue weighted by Crippen LogP contribution is 2.23. The van der Waals surface area contributed by atoms with Crippen LogP contribution in [0.15, 0.2) is 12.2 Å². The Kier molecular flexibility index (Phi) is 2.90. The van der Waals surface area contributed by atoms with Crippen LogP contribution in [0.3, 0.4) is 0 Å². The molecule has 2 nitrogen and oxygen atoms in total. The molecule has 0 aromatic carbocycles. The van der Waals surface area contributed by atoms with Crippen LogP contribution in [0.4, 0.5) is 0 Å². The van der Waals surface area contributed by atoms with Gasteiger partial charge in [-0.25, -0.2) is 0 Å². The molecule has 0 saturated heterocycles. The third-order valence-corrected chi connectivity index (χ3v) is 2.18. The molecule has 0 heterocycles. The van der Waals surface area contributed by atoms with Gasteiger partial charge in [-0.1, -0.05) is 12.2 Å². The largest absolute Gasteiger partial charge is 0.396 e. The average Bonchev–Trinajstić information content (AvgIpc) is 2.04. The molecule has 1 aliphatic carbocycles. The lowest BCUT2D eigenvalue weighted by Gasteiger charge is -2.24. The molecular weight excluding hydrogens is 128 g/mol. The minimum absolute atomic E-state index is 0.204. The Labute approximate surface area is 61.2 Å². The van der Waals surface area contributed by atoms with E-state index in [1.807, 2.05) is 0 Å². The van der Waals surface area contributed by atoms with E-state index in [1.165, 1.54) is 0 Å². The van der Waals surface area contributed by atoms with E-state index in [4.69, 9.17) is 10.2 Å². The minimum atomic E-state index is 0.204. The molecule has 2 heteroatoms. The Morgan fingerprint density at radius 2 is 1.40 bits per heavy atom. The van der Waals surface area contributed by atoms with E-state index in [9.17, 15) is 0 Å². The lowest BCUT2D eigenvalue weighted by molar-refractivity contribution is 0.118. The van der Waals surface area contributed by atoms with Crippen LogP contribution in [0.2, 0.25) is 0 Å². The number of hydrogen-bond donors (Lipinski definition) is 2. The Morgan fingerprint density at radius 3 is 1.70 bits per heavy atom. The average molecular weight is 142 g/mol. The van der Waals surface area contributed by atoms with Crippen LogP contribution in [-0.4, -0.2) is 23.4 Å². The summed E-state index contributed by atoms with van der Waals surface area (Å²) in [5.74, 6) is 0.574. The van der Waals surface area contributed by atoms with Crippen LogP contribution in [0.25, 0.3) is 0 Å². The highest BCUT2D eigenvalue weighted by Gasteiger charge is 2.20. The molecule has 0 radical (unpaired) electrons. The molecule has 10 heavy (non-hydrogen) atoms. The standard InChI is InChI=1S/C8H14O2/c9-5-7-3-1-2-4-8(7)6-10/h1-2,7-10H,3-6H2/t7-,8+. The second-order valence-corrected chi connectivity index (χ2v) is 2.83. The van der Waals surface area contributed by atoms with E-state index in [1.54, 1.807) is 0 Å². The molecule has 0 saturated carbocycles. The molecule has 2 atom stereocenters. The first kappa shape index (κ1) is 7.76. The highest BCUT2D eigenvalue weighted by atomic mass is 16.3. The van der Waals surface area contributed by atoms with Gasteiger partial charge < -0.3 is 10.2 Å². The van der Waals surface area contributed by atoms with E-state index >= 15 is 0 Å². The molecular formula is C8H14O2. The third kappa shape index (κ3) is 1.58. The molecule has 0 fully saturated rings. The van der Waals surface area contributed by atoms with Crippen LogP contribution < -0.4 is 0 Å². The van der Waals surface area contributed by atoms with E-state index in [0.29, 0.717) is 0 Å². The van der Waals surface area contributed by atoms with Crippen molar-refractivity contribution in [1.82, 2.24) is 0 Å². The van der Waals surface area contributed by atoms with E-state index in [0.717, 1.165) is 12.8 Å². The normalized spacial score (nSPS) is 32.6. The SMILES string of the molecule is OC[C@@H]1CC=CC[C@@H]1CO. The zero-order valence-corrected chi connectivity index (χ0v) is 6.03. The number of aliphatic hydroxyl groups is 2. The van der Waals surface area contributed by atoms with E-state index in [2.05, 4.69) is 12.2 Å². The lowest BCUT2D eigenvalue weighted by Crippen LogP contribution is -2.23. The van der Waals surface area contributed by atoms with Crippen LogP contribution in [0, 0.1) is 11.8 Å². The summed E-state index contributed by atoms with van der Waals surface area (Å²) in [5.41, 5.74) is 0. The van der Waals surface area contributed by atoms with Gasteiger partial charge in [-0.05, 0) is 24.7 Å². The number of rotatable bonds is 2. The fraction of sp³-hybridized carbons (Fsp3) is 0.750. The molecule has 0 aromatic rings. The Bertz CT molecular complexity index is 106. The molecule has 1 rings (SSSR count). The fourth-order valence-corrected chi connectivity index (χ4v) is 1.37. The molecule has 0 unspecified atom stereocenters. The molecule has 0 aliphatic heterocycles. The maximum Gasteiger partial charge on any atom is 0.0465 e. The van der Waals surface area contributed by atoms with Crippen molar-refractivity contribution < 1.29 is 10.2 Å². The first-order valence-corrected chi connectivity index (χ1v) is 3.75. The van der Waals surface area contributed by atoms with Gasteiger partial charge in [0.15, 0.2) is 0 Å². The van der Waals surface area contributed by atoms with Crippen LogP contribution >= 0.6 is 0 Å². The highest BCUT2D eigenvalue weighted by molar-refractivity contribution is 4.94. The first-order chi connectivity index (χ1) is 4.88. The molecule has 0 aromatic heterocycles. The van der Waals surface area contributed by atoms with Gasteiger partial charge in [-0.2, -0.15) is 0 Å². The summed E-state index contributed by atoms with van der Waals surface area (Å²) < 4.78 is 0. The Hall–Kier alpha value is -0.340. The van der Waals surface area contributed by atoms with Crippen LogP contribution in [0.5, 0.6) is 0 Å². The lowest BCUT2D eigenvalue weighted by atomic mass is 9.84. The summed E-state index contributed by atoms with van der Waals surface area (Å²) in [7, 11) is 0. The van der Waals surface area contributed by atoms with Crippen molar-refractivity contribution in [2.75, 3.05) is 13.2 Å². The quantitative estimate of drug-likeness (QED) is 0.553. The number of allylic oxidation sites excluding steroid dienone is 2. The van der Waals surface area contributed by atoms with Crippen molar-refractivity contribution in [2.24, 2.45) is 11.8 Å². The molecule has 0 bridgehead atoms. The van der Waals surface area contributed by atoms with Crippen molar-refractivity contribution >= 4 is 0 Å². The summed E-state index contributed by atoms with van der Waals surface area (Å²) >= 11 is 0. The third-order valence-electron chi connectivity index (χ3n) is 2.18.